The molecule has 1 aromatic heterocycles. The van der Waals surface area contributed by atoms with Gasteiger partial charge in [-0.2, -0.15) is 0 Å². The first-order valence-electron chi connectivity index (χ1n) is 4.53. The van der Waals surface area contributed by atoms with Gasteiger partial charge in [0.1, 0.15) is 0 Å². The number of nitrogens with two attached hydrogens (primary N) is 2. The normalized spacial score (nSPS) is 15.5. The molecule has 1 aliphatic carbocycles. The van der Waals surface area contributed by atoms with E-state index in [1.165, 1.54) is 0 Å². The molecule has 74 valence electrons. The minimum absolute atomic E-state index is 0.217. The van der Waals surface area contributed by atoms with Crippen molar-refractivity contribution in [2.24, 2.45) is 5.73 Å². The Kier molecular flexibility index (Phi) is 1.87. The van der Waals surface area contributed by atoms with E-state index >= 15 is 0 Å². The summed E-state index contributed by atoms with van der Waals surface area (Å²) in [6.45, 7) is 1.73. The summed E-state index contributed by atoms with van der Waals surface area (Å²) in [5.41, 5.74) is 12.5. The lowest BCUT2D eigenvalue weighted by Crippen LogP contribution is -2.18. The highest BCUT2D eigenvalue weighted by molar-refractivity contribution is 5.95. The summed E-state index contributed by atoms with van der Waals surface area (Å²) in [5, 5.41) is 0. The summed E-state index contributed by atoms with van der Waals surface area (Å²) < 4.78 is 0. The fourth-order valence-corrected chi connectivity index (χ4v) is 1.57. The van der Waals surface area contributed by atoms with Gasteiger partial charge in [-0.05, 0) is 19.8 Å². The fourth-order valence-electron chi connectivity index (χ4n) is 1.57. The Morgan fingerprint density at radius 1 is 1.43 bits per heavy atom. The highest BCUT2D eigenvalue weighted by Crippen LogP contribution is 2.41. The van der Waals surface area contributed by atoms with Gasteiger partial charge in [0.15, 0.2) is 0 Å². The molecule has 1 aliphatic rings. The average Bonchev–Trinajstić information content (AvgIpc) is 2.82. The van der Waals surface area contributed by atoms with Crippen molar-refractivity contribution in [1.29, 1.82) is 0 Å². The number of aromatic nitrogens is 2. The van der Waals surface area contributed by atoms with Gasteiger partial charge in [0, 0.05) is 5.92 Å². The first-order chi connectivity index (χ1) is 6.59. The summed E-state index contributed by atoms with van der Waals surface area (Å²) in [4.78, 5) is 19.2. The molecule has 0 radical (unpaired) electrons. The molecule has 0 unspecified atom stereocenters. The molecule has 0 aliphatic heterocycles. The molecule has 14 heavy (non-hydrogen) atoms. The first kappa shape index (κ1) is 8.93. The van der Waals surface area contributed by atoms with E-state index in [0.717, 1.165) is 18.5 Å². The third kappa shape index (κ3) is 1.41. The van der Waals surface area contributed by atoms with Crippen LogP contribution in [0.3, 0.4) is 0 Å². The van der Waals surface area contributed by atoms with Crippen LogP contribution in [0.1, 0.15) is 40.5 Å². The van der Waals surface area contributed by atoms with Gasteiger partial charge < -0.3 is 11.5 Å². The second-order valence-corrected chi connectivity index (χ2v) is 3.57. The monoisotopic (exact) mass is 192 g/mol. The van der Waals surface area contributed by atoms with Gasteiger partial charge in [-0.15, -0.1) is 0 Å². The van der Waals surface area contributed by atoms with Crippen LogP contribution in [-0.4, -0.2) is 15.9 Å². The molecule has 5 nitrogen and oxygen atoms in total. The van der Waals surface area contributed by atoms with E-state index in [1.807, 2.05) is 0 Å². The standard InChI is InChI=1S/C9H12N4O/c1-4-6(8(10)14)7(5-2-3-5)13-9(11)12-4/h5H,2-3H2,1H3,(H2,10,14)(H2,11,12,13). The molecular formula is C9H12N4O. The molecule has 4 N–H and O–H groups in total. The largest absolute Gasteiger partial charge is 0.368 e. The van der Waals surface area contributed by atoms with Crippen LogP contribution in [0.2, 0.25) is 0 Å². The summed E-state index contributed by atoms with van der Waals surface area (Å²) in [6, 6.07) is 0. The Bertz CT molecular complexity index is 398. The Hall–Kier alpha value is -1.65. The zero-order valence-corrected chi connectivity index (χ0v) is 7.95. The van der Waals surface area contributed by atoms with Crippen LogP contribution in [-0.2, 0) is 0 Å². The van der Waals surface area contributed by atoms with E-state index in [0.29, 0.717) is 17.2 Å². The first-order valence-corrected chi connectivity index (χ1v) is 4.53. The minimum Gasteiger partial charge on any atom is -0.368 e. The molecule has 0 saturated heterocycles. The average molecular weight is 192 g/mol. The lowest BCUT2D eigenvalue weighted by Gasteiger charge is -2.07. The highest BCUT2D eigenvalue weighted by atomic mass is 16.1. The van der Waals surface area contributed by atoms with Crippen LogP contribution in [0.4, 0.5) is 5.95 Å². The number of primary amides is 1. The Balaban J connectivity index is 2.58. The maximum atomic E-state index is 11.2. The number of rotatable bonds is 2. The lowest BCUT2D eigenvalue weighted by molar-refractivity contribution is 0.0998. The van der Waals surface area contributed by atoms with Gasteiger partial charge in [0.2, 0.25) is 5.95 Å². The van der Waals surface area contributed by atoms with E-state index in [2.05, 4.69) is 9.97 Å². The zero-order chi connectivity index (χ0) is 10.3. The van der Waals surface area contributed by atoms with Gasteiger partial charge >= 0.3 is 0 Å². The van der Waals surface area contributed by atoms with Crippen LogP contribution < -0.4 is 11.5 Å². The number of aryl methyl sites for hydroxylation is 1. The molecule has 0 bridgehead atoms. The maximum Gasteiger partial charge on any atom is 0.252 e. The van der Waals surface area contributed by atoms with Gasteiger partial charge in [-0.3, -0.25) is 4.79 Å². The summed E-state index contributed by atoms with van der Waals surface area (Å²) in [6.07, 6.45) is 2.10. The lowest BCUT2D eigenvalue weighted by atomic mass is 10.1. The van der Waals surface area contributed by atoms with Gasteiger partial charge in [-0.1, -0.05) is 0 Å². The number of anilines is 1. The van der Waals surface area contributed by atoms with Crippen LogP contribution in [0, 0.1) is 6.92 Å². The van der Waals surface area contributed by atoms with Crippen LogP contribution in [0.15, 0.2) is 0 Å². The molecule has 0 spiro atoms. The van der Waals surface area contributed by atoms with Crippen molar-refractivity contribution in [3.63, 3.8) is 0 Å². The molecule has 1 heterocycles. The molecular weight excluding hydrogens is 180 g/mol. The number of amides is 1. The Morgan fingerprint density at radius 3 is 2.57 bits per heavy atom. The maximum absolute atomic E-state index is 11.2. The van der Waals surface area contributed by atoms with E-state index in [9.17, 15) is 4.79 Å². The Labute approximate surface area is 81.5 Å². The summed E-state index contributed by atoms with van der Waals surface area (Å²) >= 11 is 0. The molecule has 2 rings (SSSR count). The number of nitrogens with zero attached hydrogens (tertiary/aromatic N) is 2. The molecule has 5 heteroatoms. The molecule has 1 aromatic rings. The smallest absolute Gasteiger partial charge is 0.252 e. The number of carbonyl (C=O) groups is 1. The Morgan fingerprint density at radius 2 is 2.07 bits per heavy atom. The minimum atomic E-state index is -0.468. The quantitative estimate of drug-likeness (QED) is 0.706. The van der Waals surface area contributed by atoms with Gasteiger partial charge in [-0.25, -0.2) is 9.97 Å². The summed E-state index contributed by atoms with van der Waals surface area (Å²) in [5.74, 6) is 0.0975. The SMILES string of the molecule is Cc1nc(N)nc(C2CC2)c1C(N)=O. The second-order valence-electron chi connectivity index (χ2n) is 3.57. The van der Waals surface area contributed by atoms with Crippen molar-refractivity contribution in [2.45, 2.75) is 25.7 Å². The molecule has 0 aromatic carbocycles. The zero-order valence-electron chi connectivity index (χ0n) is 7.95. The number of hydrogen-bond acceptors (Lipinski definition) is 4. The van der Waals surface area contributed by atoms with Crippen molar-refractivity contribution < 1.29 is 4.79 Å². The van der Waals surface area contributed by atoms with Crippen molar-refractivity contribution in [2.75, 3.05) is 5.73 Å². The second kappa shape index (κ2) is 2.94. The van der Waals surface area contributed by atoms with Crippen molar-refractivity contribution >= 4 is 11.9 Å². The number of hydrogen-bond donors (Lipinski definition) is 2. The molecule has 1 fully saturated rings. The van der Waals surface area contributed by atoms with Crippen molar-refractivity contribution in [3.8, 4) is 0 Å². The topological polar surface area (TPSA) is 94.9 Å². The van der Waals surface area contributed by atoms with Crippen molar-refractivity contribution in [3.05, 3.63) is 17.0 Å². The fraction of sp³-hybridized carbons (Fsp3) is 0.444. The van der Waals surface area contributed by atoms with Gasteiger partial charge in [0.25, 0.3) is 5.91 Å². The number of nitrogen functional groups attached to an aromatic ring is 1. The van der Waals surface area contributed by atoms with Crippen LogP contribution in [0.25, 0.3) is 0 Å². The van der Waals surface area contributed by atoms with Crippen molar-refractivity contribution in [1.82, 2.24) is 9.97 Å². The third-order valence-corrected chi connectivity index (χ3v) is 2.35. The third-order valence-electron chi connectivity index (χ3n) is 2.35. The van der Waals surface area contributed by atoms with Gasteiger partial charge in [0.05, 0.1) is 17.0 Å². The molecule has 1 saturated carbocycles. The predicted octanol–water partition coefficient (Wildman–Crippen LogP) is 0.344. The predicted molar refractivity (Wildman–Crippen MR) is 51.7 cm³/mol. The number of carbonyl (C=O) groups excluding carboxylic acids is 1. The molecule has 1 amide bonds. The van der Waals surface area contributed by atoms with E-state index in [-0.39, 0.29) is 5.95 Å². The summed E-state index contributed by atoms with van der Waals surface area (Å²) in [7, 11) is 0. The highest BCUT2D eigenvalue weighted by Gasteiger charge is 2.30. The van der Waals surface area contributed by atoms with Crippen LogP contribution in [0.5, 0.6) is 0 Å². The molecule has 0 atom stereocenters. The van der Waals surface area contributed by atoms with E-state index in [1.54, 1.807) is 6.92 Å². The van der Waals surface area contributed by atoms with E-state index < -0.39 is 5.91 Å². The van der Waals surface area contributed by atoms with Crippen LogP contribution >= 0.6 is 0 Å². The van der Waals surface area contributed by atoms with E-state index in [4.69, 9.17) is 11.5 Å².